The van der Waals surface area contributed by atoms with Crippen LogP contribution in [0.1, 0.15) is 48.2 Å². The van der Waals surface area contributed by atoms with Crippen molar-refractivity contribution >= 4 is 17.4 Å². The van der Waals surface area contributed by atoms with E-state index in [9.17, 15) is 22.4 Å². The lowest BCUT2D eigenvalue weighted by atomic mass is 9.97. The molecule has 0 N–H and O–H groups in total. The summed E-state index contributed by atoms with van der Waals surface area (Å²) in [5.41, 5.74) is 1.88. The van der Waals surface area contributed by atoms with Gasteiger partial charge in [0.05, 0.1) is 29.5 Å². The van der Waals surface area contributed by atoms with Gasteiger partial charge in [0, 0.05) is 32.4 Å². The van der Waals surface area contributed by atoms with Crippen molar-refractivity contribution in [2.75, 3.05) is 22.9 Å². The number of urea groups is 1. The summed E-state index contributed by atoms with van der Waals surface area (Å²) in [6, 6.07) is 9.03. The van der Waals surface area contributed by atoms with Gasteiger partial charge in [-0.1, -0.05) is 30.3 Å². The molecule has 3 aromatic rings. The summed E-state index contributed by atoms with van der Waals surface area (Å²) in [5.74, 6) is -0.269. The minimum atomic E-state index is -4.54. The van der Waals surface area contributed by atoms with Gasteiger partial charge in [0.1, 0.15) is 11.5 Å². The van der Waals surface area contributed by atoms with E-state index in [-0.39, 0.29) is 30.0 Å². The van der Waals surface area contributed by atoms with Gasteiger partial charge in [-0.05, 0) is 49.9 Å². The van der Waals surface area contributed by atoms with Crippen LogP contribution in [0.3, 0.4) is 0 Å². The van der Waals surface area contributed by atoms with Crippen molar-refractivity contribution in [3.8, 4) is 0 Å². The normalized spacial score (nSPS) is 17.8. The van der Waals surface area contributed by atoms with Gasteiger partial charge < -0.3 is 9.80 Å². The van der Waals surface area contributed by atoms with Gasteiger partial charge in [0.15, 0.2) is 0 Å². The molecule has 1 unspecified atom stereocenters. The molecule has 0 bridgehead atoms. The number of carbonyl (C=O) groups is 1. The van der Waals surface area contributed by atoms with Crippen molar-refractivity contribution in [1.29, 1.82) is 0 Å². The predicted molar refractivity (Wildman–Crippen MR) is 133 cm³/mol. The molecule has 2 aliphatic heterocycles. The summed E-state index contributed by atoms with van der Waals surface area (Å²) in [6.45, 7) is 4.91. The maximum Gasteiger partial charge on any atom is 0.416 e. The highest BCUT2D eigenvalue weighted by Crippen LogP contribution is 2.41. The standard InChI is InChI=1S/C27H29F4N5O/c1-17-7-6-10-22(28)25(17)34-13-11-19(12-14-34)35-15-23-24(16-33(3)32-23)36(26(35)37)18(2)20-8-4-5-9-21(20)27(29,30)31/h4-10,16,18-19H,11-15H2,1-3H3. The van der Waals surface area contributed by atoms with Gasteiger partial charge in [-0.25, -0.2) is 9.18 Å². The SMILES string of the molecule is Cc1cccc(F)c1N1CCC(N2Cc3nn(C)cc3N(C(C)c3ccccc3C(F)(F)F)C2=O)CC1. The van der Waals surface area contributed by atoms with Crippen LogP contribution in [0.25, 0.3) is 0 Å². The van der Waals surface area contributed by atoms with E-state index in [1.165, 1.54) is 23.1 Å². The first kappa shape index (κ1) is 25.1. The van der Waals surface area contributed by atoms with Crippen LogP contribution in [0.5, 0.6) is 0 Å². The van der Waals surface area contributed by atoms with Gasteiger partial charge in [-0.2, -0.15) is 18.3 Å². The van der Waals surface area contributed by atoms with Crippen LogP contribution >= 0.6 is 0 Å². The molecular formula is C27H29F4N5O. The Morgan fingerprint density at radius 2 is 1.76 bits per heavy atom. The monoisotopic (exact) mass is 515 g/mol. The smallest absolute Gasteiger partial charge is 0.369 e. The molecule has 196 valence electrons. The Hall–Kier alpha value is -3.56. The van der Waals surface area contributed by atoms with Crippen LogP contribution < -0.4 is 9.80 Å². The molecule has 5 rings (SSSR count). The van der Waals surface area contributed by atoms with E-state index in [2.05, 4.69) is 5.10 Å². The summed E-state index contributed by atoms with van der Waals surface area (Å²) >= 11 is 0. The Labute approximate surface area is 213 Å². The van der Waals surface area contributed by atoms with E-state index >= 15 is 0 Å². The van der Waals surface area contributed by atoms with Crippen molar-refractivity contribution in [2.24, 2.45) is 7.05 Å². The van der Waals surface area contributed by atoms with Gasteiger partial charge in [-0.3, -0.25) is 9.58 Å². The first-order valence-electron chi connectivity index (χ1n) is 12.3. The van der Waals surface area contributed by atoms with Crippen molar-refractivity contribution in [3.63, 3.8) is 0 Å². The minimum Gasteiger partial charge on any atom is -0.369 e. The van der Waals surface area contributed by atoms with Crippen LogP contribution in [0.2, 0.25) is 0 Å². The molecule has 2 amide bonds. The summed E-state index contributed by atoms with van der Waals surface area (Å²) in [7, 11) is 1.73. The maximum absolute atomic E-state index is 14.5. The van der Waals surface area contributed by atoms with Crippen LogP contribution in [0.15, 0.2) is 48.7 Å². The number of para-hydroxylation sites is 1. The number of benzene rings is 2. The van der Waals surface area contributed by atoms with Crippen LogP contribution in [0.4, 0.5) is 33.7 Å². The summed E-state index contributed by atoms with van der Waals surface area (Å²) in [5, 5.41) is 4.51. The Bertz CT molecular complexity index is 1290. The van der Waals surface area contributed by atoms with Crippen molar-refractivity contribution < 1.29 is 22.4 Å². The van der Waals surface area contributed by atoms with Crippen molar-refractivity contribution in [1.82, 2.24) is 14.7 Å². The van der Waals surface area contributed by atoms with E-state index in [1.54, 1.807) is 41.9 Å². The highest BCUT2D eigenvalue weighted by Gasteiger charge is 2.42. The quantitative estimate of drug-likeness (QED) is 0.397. The maximum atomic E-state index is 14.5. The number of hydrogen-bond donors (Lipinski definition) is 0. The van der Waals surface area contributed by atoms with E-state index in [0.717, 1.165) is 11.6 Å². The van der Waals surface area contributed by atoms with Crippen LogP contribution in [-0.4, -0.2) is 39.8 Å². The number of amides is 2. The number of piperidine rings is 1. The second-order valence-corrected chi connectivity index (χ2v) is 9.80. The third-order valence-corrected chi connectivity index (χ3v) is 7.43. The Balaban J connectivity index is 1.43. The molecule has 0 radical (unpaired) electrons. The second-order valence-electron chi connectivity index (χ2n) is 9.80. The first-order valence-corrected chi connectivity index (χ1v) is 12.3. The number of fused-ring (bicyclic) bond motifs is 1. The van der Waals surface area contributed by atoms with E-state index in [1.807, 2.05) is 17.9 Å². The number of halogens is 4. The zero-order valence-corrected chi connectivity index (χ0v) is 21.0. The van der Waals surface area contributed by atoms with Crippen molar-refractivity contribution in [2.45, 2.75) is 51.5 Å². The first-order chi connectivity index (χ1) is 17.6. The fourth-order valence-electron chi connectivity index (χ4n) is 5.65. The molecular weight excluding hydrogens is 486 g/mol. The fraction of sp³-hybridized carbons (Fsp3) is 0.407. The Morgan fingerprint density at radius 1 is 1.05 bits per heavy atom. The highest BCUT2D eigenvalue weighted by atomic mass is 19.4. The van der Waals surface area contributed by atoms with Crippen molar-refractivity contribution in [3.05, 3.63) is 76.9 Å². The Morgan fingerprint density at radius 3 is 2.43 bits per heavy atom. The average molecular weight is 516 g/mol. The summed E-state index contributed by atoms with van der Waals surface area (Å²) in [6.07, 6.45) is -1.63. The zero-order valence-electron chi connectivity index (χ0n) is 21.0. The molecule has 0 spiro atoms. The topological polar surface area (TPSA) is 44.6 Å². The molecule has 1 aromatic heterocycles. The van der Waals surface area contributed by atoms with Gasteiger partial charge >= 0.3 is 12.2 Å². The minimum absolute atomic E-state index is 0.0323. The molecule has 0 saturated carbocycles. The lowest BCUT2D eigenvalue weighted by Crippen LogP contribution is -2.54. The lowest BCUT2D eigenvalue weighted by Gasteiger charge is -2.45. The predicted octanol–water partition coefficient (Wildman–Crippen LogP) is 6.06. The number of aromatic nitrogens is 2. The molecule has 0 aliphatic carbocycles. The number of anilines is 2. The number of nitrogens with zero attached hydrogens (tertiary/aromatic N) is 5. The van der Waals surface area contributed by atoms with E-state index in [4.69, 9.17) is 0 Å². The second kappa shape index (κ2) is 9.39. The van der Waals surface area contributed by atoms with Gasteiger partial charge in [-0.15, -0.1) is 0 Å². The molecule has 1 atom stereocenters. The molecule has 6 nitrogen and oxygen atoms in total. The summed E-state index contributed by atoms with van der Waals surface area (Å²) in [4.78, 5) is 19.0. The lowest BCUT2D eigenvalue weighted by molar-refractivity contribution is -0.138. The molecule has 1 saturated heterocycles. The molecule has 10 heteroatoms. The number of rotatable bonds is 4. The van der Waals surface area contributed by atoms with E-state index in [0.29, 0.717) is 43.0 Å². The fourth-order valence-corrected chi connectivity index (χ4v) is 5.65. The number of alkyl halides is 3. The van der Waals surface area contributed by atoms with E-state index < -0.39 is 17.8 Å². The molecule has 2 aromatic carbocycles. The van der Waals surface area contributed by atoms with Gasteiger partial charge in [0.2, 0.25) is 0 Å². The van der Waals surface area contributed by atoms with Gasteiger partial charge in [0.25, 0.3) is 0 Å². The molecule has 37 heavy (non-hydrogen) atoms. The average Bonchev–Trinajstić information content (AvgIpc) is 3.23. The number of carbonyl (C=O) groups excluding carboxylic acids is 1. The highest BCUT2D eigenvalue weighted by molar-refractivity contribution is 5.95. The largest absolute Gasteiger partial charge is 0.416 e. The Kier molecular flexibility index (Phi) is 6.37. The third kappa shape index (κ3) is 4.53. The molecule has 2 aliphatic rings. The zero-order chi connectivity index (χ0) is 26.5. The number of aryl methyl sites for hydroxylation is 2. The summed E-state index contributed by atoms with van der Waals surface area (Å²) < 4.78 is 57.6. The number of hydrogen-bond acceptors (Lipinski definition) is 3. The van der Waals surface area contributed by atoms with Crippen LogP contribution in [-0.2, 0) is 19.8 Å². The third-order valence-electron chi connectivity index (χ3n) is 7.43. The van der Waals surface area contributed by atoms with Crippen LogP contribution in [0, 0.1) is 12.7 Å². The molecule has 1 fully saturated rings. The molecule has 3 heterocycles.